The lowest BCUT2D eigenvalue weighted by molar-refractivity contribution is -0.141. The fourth-order valence-corrected chi connectivity index (χ4v) is 3.34. The van der Waals surface area contributed by atoms with Gasteiger partial charge in [-0.15, -0.1) is 0 Å². The second-order valence-electron chi connectivity index (χ2n) is 6.51. The summed E-state index contributed by atoms with van der Waals surface area (Å²) in [7, 11) is 0. The molecule has 0 saturated carbocycles. The molecular weight excluding hydrogens is 356 g/mol. The zero-order valence-electron chi connectivity index (χ0n) is 15.5. The van der Waals surface area contributed by atoms with Gasteiger partial charge in [-0.2, -0.15) is 5.10 Å². The second-order valence-corrected chi connectivity index (χ2v) is 6.51. The van der Waals surface area contributed by atoms with Crippen molar-refractivity contribution in [3.05, 3.63) is 66.7 Å². The molecule has 1 atom stereocenters. The van der Waals surface area contributed by atoms with E-state index >= 15 is 0 Å². The van der Waals surface area contributed by atoms with Crippen molar-refractivity contribution in [3.63, 3.8) is 0 Å². The molecule has 0 spiro atoms. The predicted octanol–water partition coefficient (Wildman–Crippen LogP) is 2.84. The normalized spacial score (nSPS) is 16.7. The molecule has 0 bridgehead atoms. The fraction of sp³-hybridized carbons (Fsp3) is 0.286. The molecule has 1 aromatic heterocycles. The minimum absolute atomic E-state index is 0.0156. The lowest BCUT2D eigenvalue weighted by atomic mass is 10.1. The molecule has 4 rings (SSSR count). The van der Waals surface area contributed by atoms with E-state index in [-0.39, 0.29) is 18.4 Å². The summed E-state index contributed by atoms with van der Waals surface area (Å²) in [4.78, 5) is 18.7. The van der Waals surface area contributed by atoms with Crippen LogP contribution in [-0.4, -0.2) is 52.4 Å². The van der Waals surface area contributed by atoms with E-state index in [1.165, 1.54) is 6.33 Å². The average Bonchev–Trinajstić information content (AvgIpc) is 3.29. The number of H-pyrrole nitrogens is 1. The molecule has 1 N–H and O–H groups in total. The summed E-state index contributed by atoms with van der Waals surface area (Å²) in [6.07, 6.45) is 1.73. The van der Waals surface area contributed by atoms with Crippen molar-refractivity contribution in [1.29, 1.82) is 0 Å². The number of hydrogen-bond acceptors (Lipinski definition) is 5. The van der Waals surface area contributed by atoms with Crippen LogP contribution in [0.4, 0.5) is 0 Å². The number of ether oxygens (including phenoxy) is 2. The van der Waals surface area contributed by atoms with Crippen LogP contribution in [0.25, 0.3) is 11.1 Å². The van der Waals surface area contributed by atoms with E-state index < -0.39 is 0 Å². The number of para-hydroxylation sites is 1. The van der Waals surface area contributed by atoms with E-state index in [1.54, 1.807) is 4.90 Å². The van der Waals surface area contributed by atoms with Gasteiger partial charge in [0.15, 0.2) is 0 Å². The lowest BCUT2D eigenvalue weighted by Crippen LogP contribution is -2.44. The Morgan fingerprint density at radius 1 is 1.18 bits per heavy atom. The molecule has 1 aliphatic heterocycles. The Labute approximate surface area is 163 Å². The number of rotatable bonds is 6. The van der Waals surface area contributed by atoms with Gasteiger partial charge in [-0.05, 0) is 11.6 Å². The van der Waals surface area contributed by atoms with Crippen LogP contribution >= 0.6 is 0 Å². The molecule has 7 heteroatoms. The Bertz CT molecular complexity index is 899. The number of aromatic nitrogens is 3. The van der Waals surface area contributed by atoms with Gasteiger partial charge in [0, 0.05) is 12.1 Å². The van der Waals surface area contributed by atoms with E-state index in [4.69, 9.17) is 9.47 Å². The van der Waals surface area contributed by atoms with Crippen LogP contribution in [0.15, 0.2) is 60.9 Å². The smallest absolute Gasteiger partial charge is 0.226 e. The van der Waals surface area contributed by atoms with Crippen LogP contribution in [0, 0.1) is 0 Å². The van der Waals surface area contributed by atoms with Crippen molar-refractivity contribution in [1.82, 2.24) is 20.1 Å². The molecule has 144 valence electrons. The van der Waals surface area contributed by atoms with Gasteiger partial charge in [0.25, 0.3) is 0 Å². The average molecular weight is 378 g/mol. The minimum atomic E-state index is -0.236. The van der Waals surface area contributed by atoms with Gasteiger partial charge < -0.3 is 14.4 Å². The first-order valence-corrected chi connectivity index (χ1v) is 9.32. The summed E-state index contributed by atoms with van der Waals surface area (Å²) in [6, 6.07) is 17.7. The Morgan fingerprint density at radius 3 is 2.82 bits per heavy atom. The molecule has 3 aromatic rings. The molecule has 0 aliphatic carbocycles. The summed E-state index contributed by atoms with van der Waals surface area (Å²) < 4.78 is 11.5. The summed E-state index contributed by atoms with van der Waals surface area (Å²) in [5.74, 6) is 1.43. The number of carbonyl (C=O) groups excluding carboxylic acids is 1. The Morgan fingerprint density at radius 2 is 2.00 bits per heavy atom. The summed E-state index contributed by atoms with van der Waals surface area (Å²) in [6.45, 7) is 1.78. The SMILES string of the molecule is O=C(CCOc1ccccc1-c1ccccc1)N1CCOC[C@@H]1c1ncn[nH]1. The standard InChI is InChI=1S/C21H22N4O3/c26-20(25-11-13-27-14-18(25)21-22-15-23-24-21)10-12-28-19-9-5-4-8-17(19)16-6-2-1-3-7-16/h1-9,15,18H,10-14H2,(H,22,23,24)/t18-/m1/s1. The van der Waals surface area contributed by atoms with Crippen molar-refractivity contribution in [2.75, 3.05) is 26.4 Å². The van der Waals surface area contributed by atoms with Gasteiger partial charge >= 0.3 is 0 Å². The quantitative estimate of drug-likeness (QED) is 0.713. The molecule has 1 saturated heterocycles. The van der Waals surface area contributed by atoms with Gasteiger partial charge in [0.2, 0.25) is 5.91 Å². The summed E-state index contributed by atoms with van der Waals surface area (Å²) >= 11 is 0. The van der Waals surface area contributed by atoms with Crippen LogP contribution in [-0.2, 0) is 9.53 Å². The summed E-state index contributed by atoms with van der Waals surface area (Å²) in [5.41, 5.74) is 2.10. The molecule has 1 amide bonds. The molecule has 1 fully saturated rings. The highest BCUT2D eigenvalue weighted by Gasteiger charge is 2.30. The van der Waals surface area contributed by atoms with Gasteiger partial charge in [-0.3, -0.25) is 9.89 Å². The van der Waals surface area contributed by atoms with E-state index in [0.29, 0.717) is 32.2 Å². The third-order valence-electron chi connectivity index (χ3n) is 4.74. The highest BCUT2D eigenvalue weighted by Crippen LogP contribution is 2.29. The number of carbonyl (C=O) groups is 1. The van der Waals surface area contributed by atoms with Crippen LogP contribution in [0.2, 0.25) is 0 Å². The zero-order chi connectivity index (χ0) is 19.2. The first kappa shape index (κ1) is 18.2. The number of morpholine rings is 1. The zero-order valence-corrected chi connectivity index (χ0v) is 15.5. The number of nitrogens with zero attached hydrogens (tertiary/aromatic N) is 3. The molecule has 0 radical (unpaired) electrons. The first-order chi connectivity index (χ1) is 13.8. The Kier molecular flexibility index (Phi) is 5.63. The third-order valence-corrected chi connectivity index (χ3v) is 4.74. The maximum absolute atomic E-state index is 12.8. The highest BCUT2D eigenvalue weighted by atomic mass is 16.5. The second kappa shape index (κ2) is 8.67. The maximum atomic E-state index is 12.8. The first-order valence-electron chi connectivity index (χ1n) is 9.32. The van der Waals surface area contributed by atoms with Gasteiger partial charge in [0.05, 0.1) is 26.2 Å². The minimum Gasteiger partial charge on any atom is -0.492 e. The Hall–Kier alpha value is -3.19. The largest absolute Gasteiger partial charge is 0.492 e. The van der Waals surface area contributed by atoms with E-state index in [2.05, 4.69) is 15.2 Å². The monoisotopic (exact) mass is 378 g/mol. The topological polar surface area (TPSA) is 80.3 Å². The summed E-state index contributed by atoms with van der Waals surface area (Å²) in [5, 5.41) is 6.71. The molecule has 1 aliphatic rings. The maximum Gasteiger partial charge on any atom is 0.226 e. The highest BCUT2D eigenvalue weighted by molar-refractivity contribution is 5.77. The molecule has 7 nitrogen and oxygen atoms in total. The Balaban J connectivity index is 1.39. The van der Waals surface area contributed by atoms with Crippen LogP contribution in [0.3, 0.4) is 0 Å². The fourth-order valence-electron chi connectivity index (χ4n) is 3.34. The molecule has 28 heavy (non-hydrogen) atoms. The van der Waals surface area contributed by atoms with Crippen molar-refractivity contribution in [3.8, 4) is 16.9 Å². The van der Waals surface area contributed by atoms with Gasteiger partial charge in [-0.1, -0.05) is 48.5 Å². The van der Waals surface area contributed by atoms with Crippen molar-refractivity contribution in [2.24, 2.45) is 0 Å². The predicted molar refractivity (Wildman–Crippen MR) is 104 cm³/mol. The lowest BCUT2D eigenvalue weighted by Gasteiger charge is -2.34. The number of amides is 1. The molecular formula is C21H22N4O3. The van der Waals surface area contributed by atoms with Crippen molar-refractivity contribution >= 4 is 5.91 Å². The van der Waals surface area contributed by atoms with Crippen molar-refractivity contribution < 1.29 is 14.3 Å². The molecule has 2 aromatic carbocycles. The number of benzene rings is 2. The van der Waals surface area contributed by atoms with Crippen molar-refractivity contribution in [2.45, 2.75) is 12.5 Å². The third kappa shape index (κ3) is 4.04. The molecule has 2 heterocycles. The number of aromatic amines is 1. The van der Waals surface area contributed by atoms with Gasteiger partial charge in [-0.25, -0.2) is 4.98 Å². The van der Waals surface area contributed by atoms with E-state index in [0.717, 1.165) is 16.9 Å². The number of nitrogens with one attached hydrogen (secondary N) is 1. The van der Waals surface area contributed by atoms with E-state index in [9.17, 15) is 4.79 Å². The van der Waals surface area contributed by atoms with Crippen LogP contribution in [0.1, 0.15) is 18.3 Å². The van der Waals surface area contributed by atoms with E-state index in [1.807, 2.05) is 54.6 Å². The molecule has 0 unspecified atom stereocenters. The number of hydrogen-bond donors (Lipinski definition) is 1. The van der Waals surface area contributed by atoms with Gasteiger partial charge in [0.1, 0.15) is 23.9 Å². The van der Waals surface area contributed by atoms with Crippen LogP contribution in [0.5, 0.6) is 5.75 Å². The van der Waals surface area contributed by atoms with Crippen LogP contribution < -0.4 is 4.74 Å².